The van der Waals surface area contributed by atoms with Crippen molar-refractivity contribution in [1.82, 2.24) is 9.80 Å². The first-order valence-electron chi connectivity index (χ1n) is 11.3. The molecule has 0 aliphatic carbocycles. The van der Waals surface area contributed by atoms with Crippen LogP contribution in [-0.4, -0.2) is 41.4 Å². The molecule has 3 rings (SSSR count). The van der Waals surface area contributed by atoms with Crippen molar-refractivity contribution in [3.63, 3.8) is 0 Å². The van der Waals surface area contributed by atoms with Gasteiger partial charge in [0.05, 0.1) is 5.92 Å². The van der Waals surface area contributed by atoms with E-state index in [4.69, 9.17) is 0 Å². The molecule has 0 saturated carbocycles. The fraction of sp³-hybridized carbons (Fsp3) is 0.481. The summed E-state index contributed by atoms with van der Waals surface area (Å²) in [7, 11) is 1.84. The average Bonchev–Trinajstić information content (AvgIpc) is 2.70. The Hall–Kier alpha value is -2.62. The highest BCUT2D eigenvalue weighted by molar-refractivity contribution is 5.95. The van der Waals surface area contributed by atoms with Crippen LogP contribution < -0.4 is 0 Å². The maximum atomic E-state index is 13.5. The van der Waals surface area contributed by atoms with Gasteiger partial charge >= 0.3 is 0 Å². The van der Waals surface area contributed by atoms with E-state index in [1.54, 1.807) is 4.90 Å². The SMILES string of the molecule is CC(C)Cc1cccc(C[C@H]2CN(C(=O)c3ccccc3)[C@H](C(C)(C)C)N(C)C2=O)c1. The summed E-state index contributed by atoms with van der Waals surface area (Å²) in [6.45, 7) is 11.1. The number of amides is 2. The van der Waals surface area contributed by atoms with Crippen LogP contribution in [0.4, 0.5) is 0 Å². The Kier molecular flexibility index (Phi) is 6.88. The minimum absolute atomic E-state index is 0.0153. The molecule has 2 amide bonds. The van der Waals surface area contributed by atoms with Crippen molar-refractivity contribution in [2.45, 2.75) is 53.6 Å². The topological polar surface area (TPSA) is 40.6 Å². The van der Waals surface area contributed by atoms with Gasteiger partial charge in [-0.25, -0.2) is 0 Å². The molecule has 0 radical (unpaired) electrons. The largest absolute Gasteiger partial charge is 0.324 e. The molecule has 0 spiro atoms. The molecule has 0 bridgehead atoms. The van der Waals surface area contributed by atoms with Crippen LogP contribution in [0.25, 0.3) is 0 Å². The Balaban J connectivity index is 1.89. The van der Waals surface area contributed by atoms with E-state index >= 15 is 0 Å². The Morgan fingerprint density at radius 3 is 2.29 bits per heavy atom. The molecule has 166 valence electrons. The van der Waals surface area contributed by atoms with Gasteiger partial charge in [-0.05, 0) is 42.0 Å². The van der Waals surface area contributed by atoms with Crippen molar-refractivity contribution in [3.05, 3.63) is 71.3 Å². The predicted octanol–water partition coefficient (Wildman–Crippen LogP) is 5.03. The molecule has 1 aliphatic rings. The molecule has 2 aromatic carbocycles. The second kappa shape index (κ2) is 9.25. The fourth-order valence-electron chi connectivity index (χ4n) is 4.81. The first-order valence-corrected chi connectivity index (χ1v) is 11.3. The van der Waals surface area contributed by atoms with Gasteiger partial charge in [-0.2, -0.15) is 0 Å². The highest BCUT2D eigenvalue weighted by Gasteiger charge is 2.45. The predicted molar refractivity (Wildman–Crippen MR) is 126 cm³/mol. The Morgan fingerprint density at radius 2 is 1.68 bits per heavy atom. The lowest BCUT2D eigenvalue weighted by atomic mass is 9.84. The number of rotatable bonds is 5. The van der Waals surface area contributed by atoms with Gasteiger partial charge < -0.3 is 9.80 Å². The Morgan fingerprint density at radius 1 is 1.03 bits per heavy atom. The molecule has 4 nitrogen and oxygen atoms in total. The molecule has 1 fully saturated rings. The maximum absolute atomic E-state index is 13.5. The summed E-state index contributed by atoms with van der Waals surface area (Å²) in [4.78, 5) is 30.5. The molecule has 4 heteroatoms. The summed E-state index contributed by atoms with van der Waals surface area (Å²) < 4.78 is 0. The van der Waals surface area contributed by atoms with Gasteiger partial charge in [0.15, 0.2) is 0 Å². The van der Waals surface area contributed by atoms with E-state index in [-0.39, 0.29) is 29.3 Å². The molecular weight excluding hydrogens is 384 g/mol. The number of nitrogens with zero attached hydrogens (tertiary/aromatic N) is 2. The Bertz CT molecular complexity index is 914. The van der Waals surface area contributed by atoms with Crippen LogP contribution in [0, 0.1) is 17.3 Å². The molecule has 2 atom stereocenters. The summed E-state index contributed by atoms with van der Waals surface area (Å²) in [6.07, 6.45) is 1.39. The number of carbonyl (C=O) groups excluding carboxylic acids is 2. The lowest BCUT2D eigenvalue weighted by Crippen LogP contribution is -2.64. The van der Waals surface area contributed by atoms with Crippen LogP contribution in [0.5, 0.6) is 0 Å². The van der Waals surface area contributed by atoms with E-state index in [0.717, 1.165) is 12.0 Å². The third kappa shape index (κ3) is 5.36. The molecular formula is C27H36N2O2. The van der Waals surface area contributed by atoms with Crippen molar-refractivity contribution >= 4 is 11.8 Å². The van der Waals surface area contributed by atoms with Crippen molar-refractivity contribution in [2.24, 2.45) is 17.3 Å². The zero-order valence-electron chi connectivity index (χ0n) is 19.8. The van der Waals surface area contributed by atoms with Crippen molar-refractivity contribution in [2.75, 3.05) is 13.6 Å². The molecule has 0 aromatic heterocycles. The quantitative estimate of drug-likeness (QED) is 0.681. The molecule has 1 heterocycles. The second-order valence-electron chi connectivity index (χ2n) is 10.3. The van der Waals surface area contributed by atoms with Crippen LogP contribution in [0.3, 0.4) is 0 Å². The minimum atomic E-state index is -0.281. The first kappa shape index (κ1) is 23.1. The van der Waals surface area contributed by atoms with Gasteiger partial charge in [-0.15, -0.1) is 0 Å². The minimum Gasteiger partial charge on any atom is -0.324 e. The van der Waals surface area contributed by atoms with Crippen LogP contribution >= 0.6 is 0 Å². The number of hydrogen-bond donors (Lipinski definition) is 0. The number of hydrogen-bond acceptors (Lipinski definition) is 2. The average molecular weight is 421 g/mol. The van der Waals surface area contributed by atoms with Gasteiger partial charge in [0.25, 0.3) is 5.91 Å². The van der Waals surface area contributed by atoms with Gasteiger partial charge in [-0.1, -0.05) is 77.1 Å². The lowest BCUT2D eigenvalue weighted by molar-refractivity contribution is -0.152. The van der Waals surface area contributed by atoms with Gasteiger partial charge in [-0.3, -0.25) is 9.59 Å². The molecule has 0 N–H and O–H groups in total. The molecule has 2 aromatic rings. The third-order valence-corrected chi connectivity index (χ3v) is 5.95. The monoisotopic (exact) mass is 420 g/mol. The summed E-state index contributed by atoms with van der Waals surface area (Å²) in [5.74, 6) is 0.444. The molecule has 0 unspecified atom stereocenters. The molecule has 31 heavy (non-hydrogen) atoms. The maximum Gasteiger partial charge on any atom is 0.255 e. The van der Waals surface area contributed by atoms with Gasteiger partial charge in [0.1, 0.15) is 6.17 Å². The highest BCUT2D eigenvalue weighted by Crippen LogP contribution is 2.34. The van der Waals surface area contributed by atoms with Gasteiger partial charge in [0, 0.05) is 24.6 Å². The molecule has 1 saturated heterocycles. The number of benzene rings is 2. The fourth-order valence-corrected chi connectivity index (χ4v) is 4.81. The van der Waals surface area contributed by atoms with Crippen LogP contribution in [0.2, 0.25) is 0 Å². The normalized spacial score (nSPS) is 19.8. The van der Waals surface area contributed by atoms with E-state index < -0.39 is 0 Å². The first-order chi connectivity index (χ1) is 14.6. The van der Waals surface area contributed by atoms with Crippen molar-refractivity contribution < 1.29 is 9.59 Å². The smallest absolute Gasteiger partial charge is 0.255 e. The van der Waals surface area contributed by atoms with Crippen molar-refractivity contribution in [3.8, 4) is 0 Å². The third-order valence-electron chi connectivity index (χ3n) is 5.95. The van der Waals surface area contributed by atoms with Crippen LogP contribution in [0.15, 0.2) is 54.6 Å². The zero-order chi connectivity index (χ0) is 22.8. The van der Waals surface area contributed by atoms with Crippen molar-refractivity contribution in [1.29, 1.82) is 0 Å². The lowest BCUT2D eigenvalue weighted by Gasteiger charge is -2.50. The van der Waals surface area contributed by atoms with Crippen LogP contribution in [0.1, 0.15) is 56.1 Å². The van der Waals surface area contributed by atoms with E-state index in [1.807, 2.05) is 42.3 Å². The highest BCUT2D eigenvalue weighted by atomic mass is 16.2. The van der Waals surface area contributed by atoms with E-state index in [1.165, 1.54) is 5.56 Å². The summed E-state index contributed by atoms with van der Waals surface area (Å²) in [5, 5.41) is 0. The number of carbonyl (C=O) groups is 2. The molecule has 1 aliphatic heterocycles. The van der Waals surface area contributed by atoms with E-state index in [0.29, 0.717) is 24.4 Å². The standard InChI is InChI=1S/C27H36N2O2/c1-19(2)15-20-11-10-12-21(16-20)17-23-18-29(25(31)22-13-8-7-9-14-22)26(27(3,4)5)28(6)24(23)30/h7-14,16,19,23,26H,15,17-18H2,1-6H3/t23-,26+/m0/s1. The second-order valence-corrected chi connectivity index (χ2v) is 10.3. The van der Waals surface area contributed by atoms with Gasteiger partial charge in [0.2, 0.25) is 5.91 Å². The van der Waals surface area contributed by atoms with E-state index in [2.05, 4.69) is 58.9 Å². The summed E-state index contributed by atoms with van der Waals surface area (Å²) in [6, 6.07) is 17.9. The Labute approximate surface area is 187 Å². The summed E-state index contributed by atoms with van der Waals surface area (Å²) in [5.41, 5.74) is 2.87. The van der Waals surface area contributed by atoms with Crippen LogP contribution in [-0.2, 0) is 17.6 Å². The summed E-state index contributed by atoms with van der Waals surface area (Å²) >= 11 is 0. The zero-order valence-corrected chi connectivity index (χ0v) is 19.8. The van der Waals surface area contributed by atoms with E-state index in [9.17, 15) is 9.59 Å².